The molecular formula is C12H10N4. The van der Waals surface area contributed by atoms with E-state index < -0.39 is 0 Å². The van der Waals surface area contributed by atoms with Crippen molar-refractivity contribution in [1.29, 1.82) is 0 Å². The molecule has 2 aromatic heterocycles. The second-order valence-electron chi connectivity index (χ2n) is 3.57. The number of aryl methyl sites for hydroxylation is 1. The first-order chi connectivity index (χ1) is 7.84. The number of hydrogen-bond acceptors (Lipinski definition) is 3. The molecule has 2 heterocycles. The molecule has 0 N–H and O–H groups in total. The van der Waals surface area contributed by atoms with Crippen molar-refractivity contribution in [3.8, 4) is 5.82 Å². The summed E-state index contributed by atoms with van der Waals surface area (Å²) in [5, 5.41) is 4.17. The Bertz CT molecular complexity index is 629. The SMILES string of the molecule is Cc1nc2ccccc2nc1-n1cccn1. The summed E-state index contributed by atoms with van der Waals surface area (Å²) in [6.07, 6.45) is 3.60. The minimum Gasteiger partial charge on any atom is -0.248 e. The Morgan fingerprint density at radius 2 is 1.75 bits per heavy atom. The van der Waals surface area contributed by atoms with E-state index in [-0.39, 0.29) is 0 Å². The molecule has 16 heavy (non-hydrogen) atoms. The number of fused-ring (bicyclic) bond motifs is 1. The lowest BCUT2D eigenvalue weighted by Gasteiger charge is -2.05. The van der Waals surface area contributed by atoms with Crippen LogP contribution in [0, 0.1) is 6.92 Å². The molecule has 0 saturated carbocycles. The van der Waals surface area contributed by atoms with Gasteiger partial charge < -0.3 is 0 Å². The molecule has 78 valence electrons. The van der Waals surface area contributed by atoms with Crippen LogP contribution in [0.15, 0.2) is 42.7 Å². The van der Waals surface area contributed by atoms with Crippen LogP contribution in [0.3, 0.4) is 0 Å². The van der Waals surface area contributed by atoms with E-state index in [0.717, 1.165) is 22.5 Å². The zero-order chi connectivity index (χ0) is 11.0. The lowest BCUT2D eigenvalue weighted by molar-refractivity contribution is 0.834. The van der Waals surface area contributed by atoms with Gasteiger partial charge in [-0.3, -0.25) is 0 Å². The molecule has 0 fully saturated rings. The third-order valence-electron chi connectivity index (χ3n) is 2.44. The Morgan fingerprint density at radius 1 is 1.00 bits per heavy atom. The van der Waals surface area contributed by atoms with Gasteiger partial charge in [0.2, 0.25) is 0 Å². The van der Waals surface area contributed by atoms with Crippen LogP contribution in [0.1, 0.15) is 5.69 Å². The highest BCUT2D eigenvalue weighted by Gasteiger charge is 2.06. The minimum absolute atomic E-state index is 0.781. The summed E-state index contributed by atoms with van der Waals surface area (Å²) in [6, 6.07) is 9.70. The van der Waals surface area contributed by atoms with Crippen molar-refractivity contribution >= 4 is 11.0 Å². The van der Waals surface area contributed by atoms with E-state index in [1.54, 1.807) is 10.9 Å². The normalized spacial score (nSPS) is 10.8. The van der Waals surface area contributed by atoms with Gasteiger partial charge in [-0.1, -0.05) is 12.1 Å². The van der Waals surface area contributed by atoms with Gasteiger partial charge in [0.05, 0.1) is 16.7 Å². The summed E-state index contributed by atoms with van der Waals surface area (Å²) in [4.78, 5) is 9.06. The molecule has 0 aliphatic carbocycles. The summed E-state index contributed by atoms with van der Waals surface area (Å²) in [5.41, 5.74) is 2.68. The molecule has 0 spiro atoms. The molecule has 0 aliphatic heterocycles. The third-order valence-corrected chi connectivity index (χ3v) is 2.44. The summed E-state index contributed by atoms with van der Waals surface area (Å²) < 4.78 is 1.73. The number of aromatic nitrogens is 4. The van der Waals surface area contributed by atoms with E-state index >= 15 is 0 Å². The fraction of sp³-hybridized carbons (Fsp3) is 0.0833. The lowest BCUT2D eigenvalue weighted by atomic mass is 10.3. The maximum Gasteiger partial charge on any atom is 0.175 e. The van der Waals surface area contributed by atoms with Crippen molar-refractivity contribution in [2.75, 3.05) is 0 Å². The van der Waals surface area contributed by atoms with Crippen molar-refractivity contribution in [3.63, 3.8) is 0 Å². The van der Waals surface area contributed by atoms with Crippen molar-refractivity contribution in [1.82, 2.24) is 19.7 Å². The van der Waals surface area contributed by atoms with E-state index in [0.29, 0.717) is 0 Å². The number of para-hydroxylation sites is 2. The first-order valence-electron chi connectivity index (χ1n) is 5.08. The highest BCUT2D eigenvalue weighted by Crippen LogP contribution is 2.14. The first kappa shape index (κ1) is 9.03. The van der Waals surface area contributed by atoms with Gasteiger partial charge in [-0.2, -0.15) is 5.10 Å². The van der Waals surface area contributed by atoms with E-state index in [1.807, 2.05) is 43.5 Å². The zero-order valence-corrected chi connectivity index (χ0v) is 8.83. The monoisotopic (exact) mass is 210 g/mol. The highest BCUT2D eigenvalue weighted by molar-refractivity contribution is 5.75. The van der Waals surface area contributed by atoms with Gasteiger partial charge in [0, 0.05) is 12.4 Å². The molecule has 0 aliphatic rings. The minimum atomic E-state index is 0.781. The van der Waals surface area contributed by atoms with Crippen molar-refractivity contribution in [2.24, 2.45) is 0 Å². The van der Waals surface area contributed by atoms with Crippen LogP contribution >= 0.6 is 0 Å². The zero-order valence-electron chi connectivity index (χ0n) is 8.83. The first-order valence-corrected chi connectivity index (χ1v) is 5.08. The van der Waals surface area contributed by atoms with E-state index in [1.165, 1.54) is 0 Å². The molecule has 4 nitrogen and oxygen atoms in total. The predicted octanol–water partition coefficient (Wildman–Crippen LogP) is 2.12. The van der Waals surface area contributed by atoms with E-state index in [2.05, 4.69) is 15.1 Å². The summed E-state index contributed by atoms with van der Waals surface area (Å²) in [5.74, 6) is 0.781. The molecular weight excluding hydrogens is 200 g/mol. The van der Waals surface area contributed by atoms with E-state index in [9.17, 15) is 0 Å². The average Bonchev–Trinajstić information content (AvgIpc) is 2.81. The Balaban J connectivity index is 2.30. The average molecular weight is 210 g/mol. The smallest absolute Gasteiger partial charge is 0.175 e. The number of hydrogen-bond donors (Lipinski definition) is 0. The Hall–Kier alpha value is -2.23. The summed E-state index contributed by atoms with van der Waals surface area (Å²) >= 11 is 0. The topological polar surface area (TPSA) is 43.6 Å². The molecule has 0 unspecified atom stereocenters. The van der Waals surface area contributed by atoms with Crippen molar-refractivity contribution < 1.29 is 0 Å². The maximum absolute atomic E-state index is 4.56. The van der Waals surface area contributed by atoms with Gasteiger partial charge in [-0.05, 0) is 25.1 Å². The molecule has 0 bridgehead atoms. The molecule has 3 rings (SSSR count). The summed E-state index contributed by atoms with van der Waals surface area (Å²) in [6.45, 7) is 1.94. The number of nitrogens with zero attached hydrogens (tertiary/aromatic N) is 4. The fourth-order valence-corrected chi connectivity index (χ4v) is 1.69. The molecule has 0 radical (unpaired) electrons. The Labute approximate surface area is 92.6 Å². The number of benzene rings is 1. The van der Waals surface area contributed by atoms with Gasteiger partial charge in [-0.25, -0.2) is 14.6 Å². The van der Waals surface area contributed by atoms with E-state index in [4.69, 9.17) is 0 Å². The molecule has 0 atom stereocenters. The second kappa shape index (κ2) is 3.41. The van der Waals surface area contributed by atoms with Crippen molar-refractivity contribution in [3.05, 3.63) is 48.4 Å². The van der Waals surface area contributed by atoms with Crippen LogP contribution in [0.5, 0.6) is 0 Å². The van der Waals surface area contributed by atoms with Crippen molar-refractivity contribution in [2.45, 2.75) is 6.92 Å². The summed E-state index contributed by atoms with van der Waals surface area (Å²) in [7, 11) is 0. The Morgan fingerprint density at radius 3 is 2.44 bits per heavy atom. The van der Waals surface area contributed by atoms with Crippen LogP contribution in [0.2, 0.25) is 0 Å². The third kappa shape index (κ3) is 1.35. The molecule has 4 heteroatoms. The lowest BCUT2D eigenvalue weighted by Crippen LogP contribution is -2.03. The van der Waals surface area contributed by atoms with Crippen LogP contribution in [0.25, 0.3) is 16.9 Å². The van der Waals surface area contributed by atoms with Crippen LogP contribution in [0.4, 0.5) is 0 Å². The largest absolute Gasteiger partial charge is 0.248 e. The number of rotatable bonds is 1. The fourth-order valence-electron chi connectivity index (χ4n) is 1.69. The van der Waals surface area contributed by atoms with Crippen LogP contribution < -0.4 is 0 Å². The Kier molecular flexibility index (Phi) is 1.93. The second-order valence-corrected chi connectivity index (χ2v) is 3.57. The van der Waals surface area contributed by atoms with Gasteiger partial charge in [-0.15, -0.1) is 0 Å². The van der Waals surface area contributed by atoms with Crippen LogP contribution in [-0.4, -0.2) is 19.7 Å². The standard InChI is InChI=1S/C12H10N4/c1-9-12(16-8-4-7-13-16)15-11-6-3-2-5-10(11)14-9/h2-8H,1H3. The van der Waals surface area contributed by atoms with Crippen LogP contribution in [-0.2, 0) is 0 Å². The van der Waals surface area contributed by atoms with Gasteiger partial charge >= 0.3 is 0 Å². The van der Waals surface area contributed by atoms with Gasteiger partial charge in [0.1, 0.15) is 0 Å². The molecule has 0 amide bonds. The van der Waals surface area contributed by atoms with Gasteiger partial charge in [0.15, 0.2) is 5.82 Å². The predicted molar refractivity (Wildman–Crippen MR) is 61.4 cm³/mol. The molecule has 1 aromatic carbocycles. The highest BCUT2D eigenvalue weighted by atomic mass is 15.3. The molecule has 3 aromatic rings. The van der Waals surface area contributed by atoms with Gasteiger partial charge in [0.25, 0.3) is 0 Å². The quantitative estimate of drug-likeness (QED) is 0.618. The maximum atomic E-state index is 4.56. The molecule has 0 saturated heterocycles.